The molecule has 1 aromatic carbocycles. The Morgan fingerprint density at radius 1 is 1.14 bits per heavy atom. The lowest BCUT2D eigenvalue weighted by atomic mass is 9.78. The first-order valence-electron chi connectivity index (χ1n) is 4.12. The van der Waals surface area contributed by atoms with E-state index < -0.39 is 7.12 Å². The minimum atomic E-state index is -1.67. The lowest BCUT2D eigenvalue weighted by Crippen LogP contribution is -2.29. The van der Waals surface area contributed by atoms with E-state index in [1.807, 2.05) is 0 Å². The van der Waals surface area contributed by atoms with E-state index in [-0.39, 0.29) is 11.2 Å². The maximum absolute atomic E-state index is 9.66. The quantitative estimate of drug-likeness (QED) is 0.534. The SMILES string of the molecule is OB(O)c1ccc2ccncc2c1O. The zero-order valence-corrected chi connectivity index (χ0v) is 7.25. The van der Waals surface area contributed by atoms with Crippen LogP contribution in [-0.2, 0) is 0 Å². The molecule has 0 radical (unpaired) electrons. The van der Waals surface area contributed by atoms with Gasteiger partial charge in [0.15, 0.2) is 0 Å². The van der Waals surface area contributed by atoms with Crippen molar-refractivity contribution in [2.45, 2.75) is 0 Å². The molecule has 14 heavy (non-hydrogen) atoms. The smallest absolute Gasteiger partial charge is 0.492 e. The maximum Gasteiger partial charge on any atom is 0.492 e. The van der Waals surface area contributed by atoms with Gasteiger partial charge in [-0.1, -0.05) is 12.1 Å². The van der Waals surface area contributed by atoms with E-state index in [0.29, 0.717) is 5.39 Å². The number of rotatable bonds is 1. The highest BCUT2D eigenvalue weighted by Gasteiger charge is 2.17. The highest BCUT2D eigenvalue weighted by atomic mass is 16.4. The van der Waals surface area contributed by atoms with Crippen LogP contribution >= 0.6 is 0 Å². The standard InChI is InChI=1S/C9H8BNO3/c12-9-7-5-11-4-3-6(7)1-2-8(9)10(13)14/h1-5,12-14H. The predicted octanol–water partition coefficient (Wildman–Crippen LogP) is -0.380. The normalized spacial score (nSPS) is 10.4. The third kappa shape index (κ3) is 1.32. The summed E-state index contributed by atoms with van der Waals surface area (Å²) < 4.78 is 0. The molecule has 0 fully saturated rings. The summed E-state index contributed by atoms with van der Waals surface area (Å²) in [7, 11) is -1.67. The van der Waals surface area contributed by atoms with Crippen molar-refractivity contribution in [3.63, 3.8) is 0 Å². The molecule has 0 amide bonds. The lowest BCUT2D eigenvalue weighted by Gasteiger charge is -2.05. The molecule has 0 atom stereocenters. The number of nitrogens with zero attached hydrogens (tertiary/aromatic N) is 1. The number of phenolic OH excluding ortho intramolecular Hbond substituents is 1. The van der Waals surface area contributed by atoms with Gasteiger partial charge in [0.1, 0.15) is 5.75 Å². The fraction of sp³-hybridized carbons (Fsp3) is 0. The first kappa shape index (κ1) is 8.99. The molecule has 2 aromatic rings. The van der Waals surface area contributed by atoms with Crippen LogP contribution in [0.5, 0.6) is 5.75 Å². The van der Waals surface area contributed by atoms with Gasteiger partial charge >= 0.3 is 7.12 Å². The topological polar surface area (TPSA) is 73.6 Å². The molecule has 3 N–H and O–H groups in total. The van der Waals surface area contributed by atoms with Gasteiger partial charge in [-0.2, -0.15) is 0 Å². The van der Waals surface area contributed by atoms with Gasteiger partial charge in [0.2, 0.25) is 0 Å². The Morgan fingerprint density at radius 2 is 1.93 bits per heavy atom. The monoisotopic (exact) mass is 189 g/mol. The van der Waals surface area contributed by atoms with Gasteiger partial charge in [-0.25, -0.2) is 0 Å². The fourth-order valence-corrected chi connectivity index (χ4v) is 1.37. The lowest BCUT2D eigenvalue weighted by molar-refractivity contribution is 0.420. The summed E-state index contributed by atoms with van der Waals surface area (Å²) in [5.41, 5.74) is 0.0884. The van der Waals surface area contributed by atoms with Gasteiger partial charge in [0.05, 0.1) is 0 Å². The molecule has 0 aliphatic rings. The van der Waals surface area contributed by atoms with Gasteiger partial charge in [0, 0.05) is 23.2 Å². The van der Waals surface area contributed by atoms with Crippen LogP contribution in [-0.4, -0.2) is 27.3 Å². The van der Waals surface area contributed by atoms with Crippen LogP contribution in [0.15, 0.2) is 30.6 Å². The second kappa shape index (κ2) is 3.28. The Morgan fingerprint density at radius 3 is 2.64 bits per heavy atom. The second-order valence-corrected chi connectivity index (χ2v) is 2.97. The van der Waals surface area contributed by atoms with E-state index in [2.05, 4.69) is 4.98 Å². The van der Waals surface area contributed by atoms with Crippen LogP contribution in [0.2, 0.25) is 0 Å². The zero-order valence-electron chi connectivity index (χ0n) is 7.25. The number of fused-ring (bicyclic) bond motifs is 1. The minimum absolute atomic E-state index is 0.0884. The minimum Gasteiger partial charge on any atom is -0.508 e. The third-order valence-corrected chi connectivity index (χ3v) is 2.10. The molecule has 0 bridgehead atoms. The highest BCUT2D eigenvalue weighted by Crippen LogP contribution is 2.21. The van der Waals surface area contributed by atoms with E-state index in [4.69, 9.17) is 10.0 Å². The molecule has 2 rings (SSSR count). The highest BCUT2D eigenvalue weighted by molar-refractivity contribution is 6.60. The van der Waals surface area contributed by atoms with Crippen LogP contribution in [0.3, 0.4) is 0 Å². The number of pyridine rings is 1. The van der Waals surface area contributed by atoms with E-state index in [9.17, 15) is 5.11 Å². The van der Waals surface area contributed by atoms with Crippen molar-refractivity contribution < 1.29 is 15.2 Å². The van der Waals surface area contributed by atoms with E-state index in [1.165, 1.54) is 12.3 Å². The number of aromatic nitrogens is 1. The average molecular weight is 189 g/mol. The molecule has 0 aliphatic carbocycles. The molecule has 1 heterocycles. The number of hydrogen-bond acceptors (Lipinski definition) is 4. The molecule has 0 aliphatic heterocycles. The Hall–Kier alpha value is -1.59. The summed E-state index contributed by atoms with van der Waals surface area (Å²) in [5.74, 6) is -0.134. The number of aromatic hydroxyl groups is 1. The Labute approximate surface area is 80.6 Å². The van der Waals surface area contributed by atoms with Crippen LogP contribution in [0.4, 0.5) is 0 Å². The Bertz CT molecular complexity index is 473. The molecule has 0 saturated carbocycles. The van der Waals surface area contributed by atoms with Gasteiger partial charge < -0.3 is 15.2 Å². The molecule has 0 spiro atoms. The van der Waals surface area contributed by atoms with Crippen LogP contribution in [0, 0.1) is 0 Å². The summed E-state index contributed by atoms with van der Waals surface area (Å²) in [6.07, 6.45) is 3.09. The van der Waals surface area contributed by atoms with Crippen LogP contribution < -0.4 is 5.46 Å². The van der Waals surface area contributed by atoms with Gasteiger partial charge in [-0.15, -0.1) is 0 Å². The van der Waals surface area contributed by atoms with Crippen molar-refractivity contribution in [3.05, 3.63) is 30.6 Å². The van der Waals surface area contributed by atoms with Crippen molar-refractivity contribution >= 4 is 23.4 Å². The molecular formula is C9H8BNO3. The Balaban J connectivity index is 2.75. The van der Waals surface area contributed by atoms with E-state index in [0.717, 1.165) is 5.39 Å². The molecule has 1 aromatic heterocycles. The average Bonchev–Trinajstić information content (AvgIpc) is 2.18. The molecule has 0 saturated heterocycles. The maximum atomic E-state index is 9.66. The summed E-state index contributed by atoms with van der Waals surface area (Å²) in [6, 6.07) is 4.91. The van der Waals surface area contributed by atoms with Crippen LogP contribution in [0.25, 0.3) is 10.8 Å². The van der Waals surface area contributed by atoms with Crippen molar-refractivity contribution in [1.82, 2.24) is 4.98 Å². The van der Waals surface area contributed by atoms with E-state index >= 15 is 0 Å². The first-order valence-corrected chi connectivity index (χ1v) is 4.12. The summed E-state index contributed by atoms with van der Waals surface area (Å²) in [5, 5.41) is 28.9. The van der Waals surface area contributed by atoms with Crippen molar-refractivity contribution in [2.24, 2.45) is 0 Å². The molecule has 70 valence electrons. The Kier molecular flexibility index (Phi) is 2.11. The van der Waals surface area contributed by atoms with Gasteiger partial charge in [-0.05, 0) is 11.5 Å². The van der Waals surface area contributed by atoms with Crippen molar-refractivity contribution in [1.29, 1.82) is 0 Å². The van der Waals surface area contributed by atoms with Crippen LogP contribution in [0.1, 0.15) is 0 Å². The van der Waals surface area contributed by atoms with E-state index in [1.54, 1.807) is 18.3 Å². The third-order valence-electron chi connectivity index (χ3n) is 2.10. The fourth-order valence-electron chi connectivity index (χ4n) is 1.37. The van der Waals surface area contributed by atoms with Gasteiger partial charge in [0.25, 0.3) is 0 Å². The number of phenols is 1. The van der Waals surface area contributed by atoms with Crippen molar-refractivity contribution in [2.75, 3.05) is 0 Å². The molecule has 5 heteroatoms. The zero-order chi connectivity index (χ0) is 10.1. The molecule has 4 nitrogen and oxygen atoms in total. The number of benzene rings is 1. The molecule has 0 unspecified atom stereocenters. The first-order chi connectivity index (χ1) is 6.70. The second-order valence-electron chi connectivity index (χ2n) is 2.97. The van der Waals surface area contributed by atoms with Crippen molar-refractivity contribution in [3.8, 4) is 5.75 Å². The largest absolute Gasteiger partial charge is 0.508 e. The summed E-state index contributed by atoms with van der Waals surface area (Å²) in [6.45, 7) is 0. The predicted molar refractivity (Wildman–Crippen MR) is 53.2 cm³/mol. The summed E-state index contributed by atoms with van der Waals surface area (Å²) >= 11 is 0. The summed E-state index contributed by atoms with van der Waals surface area (Å²) in [4.78, 5) is 3.85. The molecular weight excluding hydrogens is 181 g/mol. The van der Waals surface area contributed by atoms with Gasteiger partial charge in [-0.3, -0.25) is 4.98 Å². The number of hydrogen-bond donors (Lipinski definition) is 3.